The Balaban J connectivity index is 2.02. The summed E-state index contributed by atoms with van der Waals surface area (Å²) in [6.07, 6.45) is 2.52. The van der Waals surface area contributed by atoms with Crippen LogP contribution in [0.5, 0.6) is 11.5 Å². The second-order valence-electron chi connectivity index (χ2n) is 4.61. The van der Waals surface area contributed by atoms with Crippen LogP contribution in [-0.4, -0.2) is 20.3 Å². The van der Waals surface area contributed by atoms with E-state index in [-0.39, 0.29) is 6.04 Å². The average molecular weight is 294 g/mol. The zero-order valence-corrected chi connectivity index (χ0v) is 11.9. The summed E-state index contributed by atoms with van der Waals surface area (Å²) in [7, 11) is 1.87. The third-order valence-corrected chi connectivity index (χ3v) is 3.62. The summed E-state index contributed by atoms with van der Waals surface area (Å²) in [5.41, 5.74) is 0.911. The van der Waals surface area contributed by atoms with E-state index in [1.165, 1.54) is 0 Å². The largest absolute Gasteiger partial charge is 0.490 e. The van der Waals surface area contributed by atoms with Crippen molar-refractivity contribution in [3.05, 3.63) is 46.9 Å². The van der Waals surface area contributed by atoms with E-state index in [0.29, 0.717) is 24.0 Å². The second-order valence-corrected chi connectivity index (χ2v) is 5.02. The molecule has 1 aromatic carbocycles. The van der Waals surface area contributed by atoms with Crippen molar-refractivity contribution >= 4 is 11.6 Å². The van der Waals surface area contributed by atoms with Crippen molar-refractivity contribution in [2.45, 2.75) is 12.5 Å². The Bertz CT molecular complexity index is 583. The lowest BCUT2D eigenvalue weighted by atomic mass is 10.0. The molecular formula is C15H16ClNO3. The van der Waals surface area contributed by atoms with Crippen LogP contribution in [0.1, 0.15) is 23.8 Å². The van der Waals surface area contributed by atoms with Gasteiger partial charge in [0, 0.05) is 17.5 Å². The molecule has 1 unspecified atom stereocenters. The van der Waals surface area contributed by atoms with E-state index in [4.69, 9.17) is 25.5 Å². The zero-order chi connectivity index (χ0) is 13.9. The molecular weight excluding hydrogens is 278 g/mol. The fourth-order valence-electron chi connectivity index (χ4n) is 2.33. The summed E-state index contributed by atoms with van der Waals surface area (Å²) in [6.45, 7) is 1.30. The fraction of sp³-hybridized carbons (Fsp3) is 0.333. The van der Waals surface area contributed by atoms with Gasteiger partial charge in [0.05, 0.1) is 25.5 Å². The van der Waals surface area contributed by atoms with Crippen LogP contribution < -0.4 is 14.8 Å². The van der Waals surface area contributed by atoms with Crippen LogP contribution in [0.3, 0.4) is 0 Å². The number of halogens is 1. The van der Waals surface area contributed by atoms with Crippen molar-refractivity contribution in [2.24, 2.45) is 0 Å². The highest BCUT2D eigenvalue weighted by Crippen LogP contribution is 2.39. The topological polar surface area (TPSA) is 43.6 Å². The lowest BCUT2D eigenvalue weighted by molar-refractivity contribution is 0.297. The standard InChI is InChI=1S/C15H16ClNO3/c1-17-15(12-4-2-5-18-12)10-8-13-14(9-11(10)16)20-7-3-6-19-13/h2,4-5,8-9,15,17H,3,6-7H2,1H3. The van der Waals surface area contributed by atoms with Gasteiger partial charge in [-0.15, -0.1) is 0 Å². The summed E-state index contributed by atoms with van der Waals surface area (Å²) in [5, 5.41) is 3.84. The van der Waals surface area contributed by atoms with Gasteiger partial charge in [0.1, 0.15) is 5.76 Å². The minimum absolute atomic E-state index is 0.116. The first kappa shape index (κ1) is 13.3. The Morgan fingerprint density at radius 2 is 1.95 bits per heavy atom. The number of rotatable bonds is 3. The van der Waals surface area contributed by atoms with Gasteiger partial charge in [-0.25, -0.2) is 0 Å². The highest BCUT2D eigenvalue weighted by Gasteiger charge is 2.22. The molecule has 20 heavy (non-hydrogen) atoms. The Hall–Kier alpha value is -1.65. The van der Waals surface area contributed by atoms with Crippen LogP contribution >= 0.6 is 11.6 Å². The molecule has 2 heterocycles. The van der Waals surface area contributed by atoms with E-state index in [2.05, 4.69) is 5.32 Å². The summed E-state index contributed by atoms with van der Waals surface area (Å²) in [5.74, 6) is 2.24. The first-order valence-corrected chi connectivity index (χ1v) is 6.97. The lowest BCUT2D eigenvalue weighted by Crippen LogP contribution is -2.17. The van der Waals surface area contributed by atoms with Gasteiger partial charge in [0.2, 0.25) is 0 Å². The Morgan fingerprint density at radius 1 is 1.20 bits per heavy atom. The first-order valence-electron chi connectivity index (χ1n) is 6.59. The molecule has 1 atom stereocenters. The van der Waals surface area contributed by atoms with Gasteiger partial charge >= 0.3 is 0 Å². The number of furan rings is 1. The molecule has 1 N–H and O–H groups in total. The molecule has 0 saturated heterocycles. The van der Waals surface area contributed by atoms with Crippen molar-refractivity contribution in [1.82, 2.24) is 5.32 Å². The number of ether oxygens (including phenoxy) is 2. The minimum atomic E-state index is -0.116. The fourth-order valence-corrected chi connectivity index (χ4v) is 2.59. The summed E-state index contributed by atoms with van der Waals surface area (Å²) >= 11 is 6.39. The third-order valence-electron chi connectivity index (χ3n) is 3.29. The SMILES string of the molecule is CNC(c1ccco1)c1cc2c(cc1Cl)OCCCO2. The molecule has 0 saturated carbocycles. The van der Waals surface area contributed by atoms with Gasteiger partial charge in [-0.1, -0.05) is 11.6 Å². The summed E-state index contributed by atoms with van der Waals surface area (Å²) in [6, 6.07) is 7.39. The smallest absolute Gasteiger partial charge is 0.162 e. The molecule has 0 bridgehead atoms. The number of hydrogen-bond acceptors (Lipinski definition) is 4. The molecule has 1 aliphatic rings. The Morgan fingerprint density at radius 3 is 2.60 bits per heavy atom. The van der Waals surface area contributed by atoms with Crippen molar-refractivity contribution in [3.8, 4) is 11.5 Å². The van der Waals surface area contributed by atoms with E-state index in [1.54, 1.807) is 6.26 Å². The molecule has 1 aromatic heterocycles. The maximum Gasteiger partial charge on any atom is 0.162 e. The quantitative estimate of drug-likeness (QED) is 0.942. The first-order chi connectivity index (χ1) is 9.79. The molecule has 0 fully saturated rings. The second kappa shape index (κ2) is 5.77. The van der Waals surface area contributed by atoms with Crippen molar-refractivity contribution < 1.29 is 13.9 Å². The number of hydrogen-bond donors (Lipinski definition) is 1. The van der Waals surface area contributed by atoms with Crippen LogP contribution in [0.15, 0.2) is 34.9 Å². The normalized spacial score (nSPS) is 15.7. The van der Waals surface area contributed by atoms with Gasteiger partial charge in [-0.2, -0.15) is 0 Å². The maximum atomic E-state index is 6.39. The van der Waals surface area contributed by atoms with Gasteiger partial charge < -0.3 is 19.2 Å². The molecule has 4 nitrogen and oxygen atoms in total. The molecule has 5 heteroatoms. The minimum Gasteiger partial charge on any atom is -0.490 e. The number of benzene rings is 1. The molecule has 1 aliphatic heterocycles. The highest BCUT2D eigenvalue weighted by atomic mass is 35.5. The van der Waals surface area contributed by atoms with Gasteiger partial charge in [0.15, 0.2) is 11.5 Å². The van der Waals surface area contributed by atoms with E-state index in [1.807, 2.05) is 31.3 Å². The monoisotopic (exact) mass is 293 g/mol. The van der Waals surface area contributed by atoms with E-state index in [9.17, 15) is 0 Å². The van der Waals surface area contributed by atoms with Crippen molar-refractivity contribution in [3.63, 3.8) is 0 Å². The third kappa shape index (κ3) is 2.49. The van der Waals surface area contributed by atoms with Crippen LogP contribution in [-0.2, 0) is 0 Å². The van der Waals surface area contributed by atoms with Crippen molar-refractivity contribution in [1.29, 1.82) is 0 Å². The van der Waals surface area contributed by atoms with E-state index < -0.39 is 0 Å². The molecule has 106 valence electrons. The molecule has 3 rings (SSSR count). The Labute approximate surface area is 122 Å². The average Bonchev–Trinajstić information content (AvgIpc) is 2.87. The highest BCUT2D eigenvalue weighted by molar-refractivity contribution is 6.31. The number of nitrogens with one attached hydrogen (secondary N) is 1. The van der Waals surface area contributed by atoms with Crippen molar-refractivity contribution in [2.75, 3.05) is 20.3 Å². The van der Waals surface area contributed by atoms with Crippen LogP contribution in [0.4, 0.5) is 0 Å². The Kier molecular flexibility index (Phi) is 3.85. The predicted molar refractivity (Wildman–Crippen MR) is 76.7 cm³/mol. The lowest BCUT2D eigenvalue weighted by Gasteiger charge is -2.18. The molecule has 0 radical (unpaired) electrons. The van der Waals surface area contributed by atoms with E-state index >= 15 is 0 Å². The van der Waals surface area contributed by atoms with Gasteiger partial charge in [0.25, 0.3) is 0 Å². The van der Waals surface area contributed by atoms with Gasteiger partial charge in [-0.05, 0) is 30.8 Å². The van der Waals surface area contributed by atoms with Gasteiger partial charge in [-0.3, -0.25) is 0 Å². The van der Waals surface area contributed by atoms with Crippen LogP contribution in [0, 0.1) is 0 Å². The number of fused-ring (bicyclic) bond motifs is 1. The molecule has 2 aromatic rings. The molecule has 0 amide bonds. The summed E-state index contributed by atoms with van der Waals surface area (Å²) in [4.78, 5) is 0. The molecule has 0 aliphatic carbocycles. The van der Waals surface area contributed by atoms with Crippen LogP contribution in [0.25, 0.3) is 0 Å². The molecule has 0 spiro atoms. The zero-order valence-electron chi connectivity index (χ0n) is 11.2. The van der Waals surface area contributed by atoms with Crippen LogP contribution in [0.2, 0.25) is 5.02 Å². The maximum absolute atomic E-state index is 6.39. The predicted octanol–water partition coefficient (Wildman–Crippen LogP) is 3.40. The van der Waals surface area contributed by atoms with E-state index in [0.717, 1.165) is 23.5 Å². The summed E-state index contributed by atoms with van der Waals surface area (Å²) < 4.78 is 16.8.